The third kappa shape index (κ3) is 9.68. The SMILES string of the molecule is Cc1c(COCCN2CC[C@@H](O)C2)cccc1-c1cccc(COc2cc(OCc3cncc(C#N)c3)c(CN(C)C(C)(CO)CO)cc2Cl)c1C. The number of rotatable bonds is 17. The maximum absolute atomic E-state index is 9.98. The van der Waals surface area contributed by atoms with Crippen LogP contribution in [0.15, 0.2) is 67.0 Å². The summed E-state index contributed by atoms with van der Waals surface area (Å²) in [5, 5.41) is 39.5. The Morgan fingerprint density at radius 3 is 2.25 bits per heavy atom. The number of halogens is 1. The van der Waals surface area contributed by atoms with Gasteiger partial charge in [-0.2, -0.15) is 5.26 Å². The quantitative estimate of drug-likeness (QED) is 0.115. The van der Waals surface area contributed by atoms with E-state index in [-0.39, 0.29) is 32.5 Å². The van der Waals surface area contributed by atoms with Crippen molar-refractivity contribution in [2.75, 3.05) is 46.5 Å². The Morgan fingerprint density at radius 1 is 0.942 bits per heavy atom. The Labute approximate surface area is 311 Å². The van der Waals surface area contributed by atoms with Crippen molar-refractivity contribution < 1.29 is 29.5 Å². The fourth-order valence-corrected chi connectivity index (χ4v) is 6.52. The Hall–Kier alpha value is -4.05. The standard InChI is InChI=1S/C41H49ClN4O6/c1-28-32(24-50-14-13-46-12-11-35(49)22-46)7-5-9-36(28)37-10-6-8-33(29(37)2)25-52-40-17-39(51-23-31-15-30(18-43)19-44-20-31)34(16-38(40)42)21-45(4)41(3,26-47)27-48/h5-10,15-17,19-20,35,47-49H,11-14,21-27H2,1-4H3/t35-/m1/s1. The van der Waals surface area contributed by atoms with Crippen LogP contribution in [-0.2, 0) is 31.1 Å². The van der Waals surface area contributed by atoms with Crippen LogP contribution >= 0.6 is 11.6 Å². The number of likely N-dealkylation sites (tertiary alicyclic amines) is 1. The molecule has 0 unspecified atom stereocenters. The van der Waals surface area contributed by atoms with E-state index < -0.39 is 5.54 Å². The van der Waals surface area contributed by atoms with E-state index in [0.29, 0.717) is 48.4 Å². The Kier molecular flexibility index (Phi) is 13.7. The summed E-state index contributed by atoms with van der Waals surface area (Å²) in [6.07, 6.45) is 3.75. The van der Waals surface area contributed by atoms with Crippen LogP contribution in [0.25, 0.3) is 11.1 Å². The van der Waals surface area contributed by atoms with E-state index in [1.54, 1.807) is 31.3 Å². The second-order valence-electron chi connectivity index (χ2n) is 13.8. The van der Waals surface area contributed by atoms with Crippen molar-refractivity contribution >= 4 is 11.6 Å². The number of pyridine rings is 1. The van der Waals surface area contributed by atoms with Crippen LogP contribution < -0.4 is 9.47 Å². The molecule has 0 radical (unpaired) electrons. The number of β-amino-alcohol motifs (C(OH)–C–C–N with tert-alkyl or cyclic N) is 1. The zero-order chi connectivity index (χ0) is 37.3. The number of benzene rings is 3. The number of ether oxygens (including phenoxy) is 3. The minimum Gasteiger partial charge on any atom is -0.488 e. The molecule has 276 valence electrons. The van der Waals surface area contributed by atoms with Crippen molar-refractivity contribution in [2.24, 2.45) is 0 Å². The highest BCUT2D eigenvalue weighted by atomic mass is 35.5. The lowest BCUT2D eigenvalue weighted by Crippen LogP contribution is -2.49. The second-order valence-corrected chi connectivity index (χ2v) is 14.2. The van der Waals surface area contributed by atoms with Gasteiger partial charge in [0.15, 0.2) is 0 Å². The molecule has 0 spiro atoms. The smallest absolute Gasteiger partial charge is 0.142 e. The summed E-state index contributed by atoms with van der Waals surface area (Å²) in [7, 11) is 1.82. The molecule has 0 saturated carbocycles. The third-order valence-corrected chi connectivity index (χ3v) is 10.4. The van der Waals surface area contributed by atoms with Gasteiger partial charge in [-0.25, -0.2) is 0 Å². The molecular formula is C41H49ClN4O6. The molecule has 3 N–H and O–H groups in total. The monoisotopic (exact) mass is 728 g/mol. The van der Waals surface area contributed by atoms with E-state index >= 15 is 0 Å². The predicted octanol–water partition coefficient (Wildman–Crippen LogP) is 5.81. The van der Waals surface area contributed by atoms with Crippen LogP contribution in [0, 0.1) is 25.2 Å². The summed E-state index contributed by atoms with van der Waals surface area (Å²) in [6.45, 7) is 9.86. The Morgan fingerprint density at radius 2 is 1.62 bits per heavy atom. The van der Waals surface area contributed by atoms with E-state index in [2.05, 4.69) is 54.1 Å². The normalized spacial score (nSPS) is 14.9. The zero-order valence-electron chi connectivity index (χ0n) is 30.4. The van der Waals surface area contributed by atoms with Crippen molar-refractivity contribution in [3.63, 3.8) is 0 Å². The van der Waals surface area contributed by atoms with E-state index in [1.807, 2.05) is 24.1 Å². The van der Waals surface area contributed by atoms with Gasteiger partial charge in [0.1, 0.15) is 30.8 Å². The molecule has 1 saturated heterocycles. The number of hydrogen-bond donors (Lipinski definition) is 3. The van der Waals surface area contributed by atoms with Gasteiger partial charge in [-0.15, -0.1) is 0 Å². The fraction of sp³-hybridized carbons (Fsp3) is 0.415. The minimum atomic E-state index is -0.865. The average Bonchev–Trinajstić information content (AvgIpc) is 3.58. The van der Waals surface area contributed by atoms with Crippen molar-refractivity contribution in [1.29, 1.82) is 5.26 Å². The topological polar surface area (TPSA) is 132 Å². The average molecular weight is 729 g/mol. The van der Waals surface area contributed by atoms with Gasteiger partial charge in [-0.1, -0.05) is 48.0 Å². The maximum atomic E-state index is 9.98. The lowest BCUT2D eigenvalue weighted by atomic mass is 9.92. The Balaban J connectivity index is 1.33. The molecule has 52 heavy (non-hydrogen) atoms. The predicted molar refractivity (Wildman–Crippen MR) is 201 cm³/mol. The largest absolute Gasteiger partial charge is 0.488 e. The number of nitriles is 1. The first kappa shape index (κ1) is 39.2. The number of hydrogen-bond acceptors (Lipinski definition) is 10. The summed E-state index contributed by atoms with van der Waals surface area (Å²) < 4.78 is 18.7. The molecule has 0 aliphatic carbocycles. The molecular weight excluding hydrogens is 680 g/mol. The molecule has 1 aliphatic rings. The van der Waals surface area contributed by atoms with Gasteiger partial charge in [0.05, 0.1) is 48.7 Å². The van der Waals surface area contributed by atoms with Crippen LogP contribution in [0.3, 0.4) is 0 Å². The van der Waals surface area contributed by atoms with Crippen molar-refractivity contribution in [2.45, 2.75) is 65.2 Å². The highest BCUT2D eigenvalue weighted by Gasteiger charge is 2.29. The molecule has 11 heteroatoms. The van der Waals surface area contributed by atoms with Gasteiger partial charge in [0.25, 0.3) is 0 Å². The number of likely N-dealkylation sites (N-methyl/N-ethyl adjacent to an activating group) is 1. The lowest BCUT2D eigenvalue weighted by molar-refractivity contribution is 0.0104. The molecule has 2 heterocycles. The van der Waals surface area contributed by atoms with Crippen molar-refractivity contribution in [3.05, 3.63) is 111 Å². The van der Waals surface area contributed by atoms with Crippen LogP contribution in [0.1, 0.15) is 52.3 Å². The first-order valence-electron chi connectivity index (χ1n) is 17.6. The highest BCUT2D eigenvalue weighted by molar-refractivity contribution is 6.32. The third-order valence-electron chi connectivity index (χ3n) is 10.1. The van der Waals surface area contributed by atoms with Gasteiger partial charge in [0, 0.05) is 55.8 Å². The summed E-state index contributed by atoms with van der Waals surface area (Å²) in [5.74, 6) is 0.965. The van der Waals surface area contributed by atoms with Crippen molar-refractivity contribution in [3.8, 4) is 28.7 Å². The van der Waals surface area contributed by atoms with E-state index in [9.17, 15) is 20.6 Å². The number of aliphatic hydroxyl groups is 3. The maximum Gasteiger partial charge on any atom is 0.142 e. The number of nitrogens with zero attached hydrogens (tertiary/aromatic N) is 4. The number of aliphatic hydroxyl groups excluding tert-OH is 3. The summed E-state index contributed by atoms with van der Waals surface area (Å²) in [4.78, 5) is 8.23. The minimum absolute atomic E-state index is 0.158. The molecule has 1 fully saturated rings. The van der Waals surface area contributed by atoms with Gasteiger partial charge >= 0.3 is 0 Å². The van der Waals surface area contributed by atoms with Gasteiger partial charge in [0.2, 0.25) is 0 Å². The molecule has 10 nitrogen and oxygen atoms in total. The zero-order valence-corrected chi connectivity index (χ0v) is 31.2. The molecule has 5 rings (SSSR count). The molecule has 1 aliphatic heterocycles. The first-order valence-corrected chi connectivity index (χ1v) is 17.9. The molecule has 3 aromatic carbocycles. The second kappa shape index (κ2) is 18.1. The molecule has 1 atom stereocenters. The van der Waals surface area contributed by atoms with Crippen molar-refractivity contribution in [1.82, 2.24) is 14.8 Å². The molecule has 0 bridgehead atoms. The Bertz CT molecular complexity index is 1860. The van der Waals surface area contributed by atoms with Crippen LogP contribution in [0.2, 0.25) is 5.02 Å². The van der Waals surface area contributed by atoms with Crippen LogP contribution in [0.5, 0.6) is 11.5 Å². The van der Waals surface area contributed by atoms with Gasteiger partial charge in [-0.3, -0.25) is 14.8 Å². The molecule has 0 amide bonds. The van der Waals surface area contributed by atoms with E-state index in [0.717, 1.165) is 58.5 Å². The van der Waals surface area contributed by atoms with E-state index in [4.69, 9.17) is 25.8 Å². The van der Waals surface area contributed by atoms with Crippen LogP contribution in [-0.4, -0.2) is 88.2 Å². The van der Waals surface area contributed by atoms with Crippen LogP contribution in [0.4, 0.5) is 0 Å². The summed E-state index contributed by atoms with van der Waals surface area (Å²) in [5.41, 5.74) is 7.70. The summed E-state index contributed by atoms with van der Waals surface area (Å²) >= 11 is 6.82. The first-order chi connectivity index (χ1) is 25.0. The lowest BCUT2D eigenvalue weighted by Gasteiger charge is -2.36. The highest BCUT2D eigenvalue weighted by Crippen LogP contribution is 2.36. The van der Waals surface area contributed by atoms with Gasteiger partial charge in [-0.05, 0) is 79.8 Å². The van der Waals surface area contributed by atoms with Gasteiger partial charge < -0.3 is 29.5 Å². The summed E-state index contributed by atoms with van der Waals surface area (Å²) in [6, 6.07) is 19.9. The van der Waals surface area contributed by atoms with E-state index in [1.165, 1.54) is 11.8 Å². The molecule has 4 aromatic rings. The molecule has 1 aromatic heterocycles. The number of aromatic nitrogens is 1. The fourth-order valence-electron chi connectivity index (χ4n) is 6.28.